The molecule has 0 amide bonds. The molecule has 0 atom stereocenters. The van der Waals surface area contributed by atoms with E-state index in [0.717, 1.165) is 55.6 Å². The lowest BCUT2D eigenvalue weighted by Gasteiger charge is -2.34. The highest BCUT2D eigenvalue weighted by molar-refractivity contribution is 6.19. The number of hydrogen-bond donors (Lipinski definition) is 0. The predicted octanol–water partition coefficient (Wildman–Crippen LogP) is 14.9. The first kappa shape index (κ1) is 36.6. The van der Waals surface area contributed by atoms with Crippen LogP contribution >= 0.6 is 0 Å². The number of aromatic nitrogens is 3. The number of pyridine rings is 1. The number of benzene rings is 9. The van der Waals surface area contributed by atoms with Gasteiger partial charge in [0.25, 0.3) is 0 Å². The van der Waals surface area contributed by atoms with Crippen LogP contribution in [-0.2, 0) is 5.41 Å². The third-order valence-corrected chi connectivity index (χ3v) is 12.8. The van der Waals surface area contributed by atoms with Gasteiger partial charge in [-0.25, -0.2) is 15.0 Å². The van der Waals surface area contributed by atoms with Crippen molar-refractivity contribution >= 4 is 21.7 Å². The van der Waals surface area contributed by atoms with Crippen LogP contribution in [0.15, 0.2) is 237 Å². The summed E-state index contributed by atoms with van der Waals surface area (Å²) in [4.78, 5) is 16.0. The molecular weight excluding hydrogens is 763 g/mol. The average Bonchev–Trinajstić information content (AvgIpc) is 3.68. The molecule has 2 aromatic heterocycles. The molecule has 1 aliphatic carbocycles. The Morgan fingerprint density at radius 2 is 0.841 bits per heavy atom. The molecule has 2 heterocycles. The maximum absolute atomic E-state index is 5.47. The molecule has 0 fully saturated rings. The van der Waals surface area contributed by atoms with E-state index in [-0.39, 0.29) is 0 Å². The van der Waals surface area contributed by atoms with Gasteiger partial charge in [-0.3, -0.25) is 0 Å². The van der Waals surface area contributed by atoms with E-state index in [9.17, 15) is 0 Å². The molecule has 0 spiro atoms. The fourth-order valence-corrected chi connectivity index (χ4v) is 9.94. The molecule has 0 unspecified atom stereocenters. The minimum atomic E-state index is -0.506. The van der Waals surface area contributed by atoms with Crippen molar-refractivity contribution in [1.82, 2.24) is 15.0 Å². The van der Waals surface area contributed by atoms with Gasteiger partial charge in [0, 0.05) is 38.4 Å². The summed E-state index contributed by atoms with van der Waals surface area (Å²) >= 11 is 0. The Morgan fingerprint density at radius 3 is 1.54 bits per heavy atom. The molecule has 294 valence electrons. The van der Waals surface area contributed by atoms with Crippen molar-refractivity contribution in [1.29, 1.82) is 0 Å². The quantitative estimate of drug-likeness (QED) is 0.151. The molecule has 63 heavy (non-hydrogen) atoms. The van der Waals surface area contributed by atoms with Gasteiger partial charge in [-0.15, -0.1) is 0 Å². The zero-order valence-electron chi connectivity index (χ0n) is 34.4. The molecule has 0 saturated heterocycles. The second-order valence-corrected chi connectivity index (χ2v) is 16.3. The average molecular weight is 802 g/mol. The lowest BCUT2D eigenvalue weighted by molar-refractivity contribution is 0.769. The van der Waals surface area contributed by atoms with Gasteiger partial charge < -0.3 is 0 Å². The lowest BCUT2D eigenvalue weighted by atomic mass is 9.67. The van der Waals surface area contributed by atoms with Crippen molar-refractivity contribution in [3.05, 3.63) is 259 Å². The molecule has 0 radical (unpaired) electrons. The van der Waals surface area contributed by atoms with Gasteiger partial charge in [0.05, 0.1) is 28.0 Å². The van der Waals surface area contributed by atoms with E-state index in [4.69, 9.17) is 15.0 Å². The normalized spacial score (nSPS) is 12.6. The SMILES string of the molecule is c1ccc(-c2ccc(-c3cc(-c4ccccc4)nc(-c4cccc(-c5nc6ccccc6c6c7c(ccc56)C(c5ccccc5)(c5ccccc5)c5ccccc5-7)c4)n3)cc2)cc1. The van der Waals surface area contributed by atoms with Crippen molar-refractivity contribution in [2.45, 2.75) is 5.41 Å². The van der Waals surface area contributed by atoms with Gasteiger partial charge in [0.1, 0.15) is 0 Å². The largest absolute Gasteiger partial charge is 0.247 e. The summed E-state index contributed by atoms with van der Waals surface area (Å²) in [6, 6.07) is 84.5. The Bertz CT molecular complexity index is 3430. The Kier molecular flexibility index (Phi) is 8.72. The minimum Gasteiger partial charge on any atom is -0.247 e. The predicted molar refractivity (Wildman–Crippen MR) is 259 cm³/mol. The molecule has 3 heteroatoms. The second-order valence-electron chi connectivity index (χ2n) is 16.3. The van der Waals surface area contributed by atoms with E-state index in [2.05, 4.69) is 224 Å². The maximum Gasteiger partial charge on any atom is 0.160 e. The van der Waals surface area contributed by atoms with E-state index in [1.54, 1.807) is 0 Å². The van der Waals surface area contributed by atoms with E-state index in [0.29, 0.717) is 5.82 Å². The number of rotatable bonds is 7. The van der Waals surface area contributed by atoms with Crippen LogP contribution < -0.4 is 0 Å². The summed E-state index contributed by atoms with van der Waals surface area (Å²) in [5.41, 5.74) is 17.0. The fraction of sp³-hybridized carbons (Fsp3) is 0.0167. The Labute approximate surface area is 366 Å². The van der Waals surface area contributed by atoms with Crippen LogP contribution in [0.25, 0.3) is 89.1 Å². The highest BCUT2D eigenvalue weighted by Gasteiger charge is 2.46. The number of para-hydroxylation sites is 1. The molecule has 3 nitrogen and oxygen atoms in total. The highest BCUT2D eigenvalue weighted by atomic mass is 14.9. The van der Waals surface area contributed by atoms with Crippen LogP contribution in [0.5, 0.6) is 0 Å². The van der Waals surface area contributed by atoms with Gasteiger partial charge >= 0.3 is 0 Å². The van der Waals surface area contributed by atoms with Gasteiger partial charge in [0.15, 0.2) is 5.82 Å². The Hall–Kier alpha value is -8.27. The topological polar surface area (TPSA) is 38.7 Å². The molecule has 11 aromatic rings. The number of fused-ring (bicyclic) bond motifs is 7. The smallest absolute Gasteiger partial charge is 0.160 e. The Balaban J connectivity index is 1.06. The highest BCUT2D eigenvalue weighted by Crippen LogP contribution is 2.58. The van der Waals surface area contributed by atoms with Gasteiger partial charge in [0.2, 0.25) is 0 Å². The van der Waals surface area contributed by atoms with Crippen LogP contribution in [0.2, 0.25) is 0 Å². The minimum absolute atomic E-state index is 0.506. The molecular formula is C60H39N3. The summed E-state index contributed by atoms with van der Waals surface area (Å²) in [6.07, 6.45) is 0. The Morgan fingerprint density at radius 1 is 0.317 bits per heavy atom. The first-order chi connectivity index (χ1) is 31.2. The third kappa shape index (κ3) is 6.01. The molecule has 9 aromatic carbocycles. The number of hydrogen-bond acceptors (Lipinski definition) is 3. The van der Waals surface area contributed by atoms with Crippen molar-refractivity contribution in [3.63, 3.8) is 0 Å². The van der Waals surface area contributed by atoms with Crippen molar-refractivity contribution in [2.75, 3.05) is 0 Å². The fourth-order valence-electron chi connectivity index (χ4n) is 9.94. The van der Waals surface area contributed by atoms with Crippen molar-refractivity contribution in [2.24, 2.45) is 0 Å². The van der Waals surface area contributed by atoms with Crippen LogP contribution in [0.3, 0.4) is 0 Å². The molecule has 0 aliphatic heterocycles. The van der Waals surface area contributed by atoms with Crippen molar-refractivity contribution in [3.8, 4) is 67.4 Å². The standard InChI is InChI=1S/C60H39N3/c1-5-18-40(19-6-1)41-32-34-43(35-33-41)55-39-54(42-20-7-2-8-21-42)62-59(63-55)45-23-17-22-44(38-45)58-50-36-37-52-57(56(50)49-29-14-16-31-53(49)61-58)48-28-13-15-30-51(48)60(52,46-24-9-3-10-25-46)47-26-11-4-12-27-47/h1-39H. The molecule has 1 aliphatic rings. The monoisotopic (exact) mass is 801 g/mol. The van der Waals surface area contributed by atoms with E-state index in [1.807, 2.05) is 12.1 Å². The van der Waals surface area contributed by atoms with Crippen LogP contribution in [0, 0.1) is 0 Å². The first-order valence-electron chi connectivity index (χ1n) is 21.5. The van der Waals surface area contributed by atoms with E-state index >= 15 is 0 Å². The van der Waals surface area contributed by atoms with Crippen LogP contribution in [0.4, 0.5) is 0 Å². The summed E-state index contributed by atoms with van der Waals surface area (Å²) in [5.74, 6) is 0.663. The van der Waals surface area contributed by atoms with Gasteiger partial charge in [-0.1, -0.05) is 218 Å². The van der Waals surface area contributed by atoms with E-state index in [1.165, 1.54) is 49.9 Å². The van der Waals surface area contributed by atoms with Crippen LogP contribution in [0.1, 0.15) is 22.3 Å². The summed E-state index contributed by atoms with van der Waals surface area (Å²) in [5, 5.41) is 3.45. The zero-order chi connectivity index (χ0) is 41.7. The second kappa shape index (κ2) is 15.0. The zero-order valence-corrected chi connectivity index (χ0v) is 34.4. The van der Waals surface area contributed by atoms with Gasteiger partial charge in [-0.05, 0) is 62.7 Å². The maximum atomic E-state index is 5.47. The lowest BCUT2D eigenvalue weighted by Crippen LogP contribution is -2.28. The van der Waals surface area contributed by atoms with Gasteiger partial charge in [-0.2, -0.15) is 0 Å². The van der Waals surface area contributed by atoms with E-state index < -0.39 is 5.41 Å². The third-order valence-electron chi connectivity index (χ3n) is 12.8. The molecule has 12 rings (SSSR count). The number of nitrogens with zero attached hydrogens (tertiary/aromatic N) is 3. The summed E-state index contributed by atoms with van der Waals surface area (Å²) in [6.45, 7) is 0. The summed E-state index contributed by atoms with van der Waals surface area (Å²) < 4.78 is 0. The van der Waals surface area contributed by atoms with Crippen LogP contribution in [-0.4, -0.2) is 15.0 Å². The van der Waals surface area contributed by atoms with Crippen molar-refractivity contribution < 1.29 is 0 Å². The molecule has 0 N–H and O–H groups in total. The summed E-state index contributed by atoms with van der Waals surface area (Å²) in [7, 11) is 0. The first-order valence-corrected chi connectivity index (χ1v) is 21.5. The molecule has 0 bridgehead atoms. The molecule has 0 saturated carbocycles.